The first-order chi connectivity index (χ1) is 7.13. The molecule has 0 aliphatic heterocycles. The van der Waals surface area contributed by atoms with E-state index in [2.05, 4.69) is 5.32 Å². The minimum absolute atomic E-state index is 0.0342. The summed E-state index contributed by atoms with van der Waals surface area (Å²) < 4.78 is 0. The molecule has 1 aromatic rings. The van der Waals surface area contributed by atoms with Gasteiger partial charge in [-0.15, -0.1) is 0 Å². The van der Waals surface area contributed by atoms with Crippen LogP contribution in [0.3, 0.4) is 0 Å². The lowest BCUT2D eigenvalue weighted by molar-refractivity contribution is -0.122. The van der Waals surface area contributed by atoms with E-state index >= 15 is 0 Å². The van der Waals surface area contributed by atoms with Gasteiger partial charge >= 0.3 is 0 Å². The third-order valence-corrected chi connectivity index (χ3v) is 2.09. The SMILES string of the molecule is C[C@H](N)C(=O)NCc1ccc(CO)cc1. The Labute approximate surface area is 89.1 Å². The molecule has 4 nitrogen and oxygen atoms in total. The molecular weight excluding hydrogens is 192 g/mol. The predicted octanol–water partition coefficient (Wildman–Crippen LogP) is 0.142. The second kappa shape index (κ2) is 5.48. The summed E-state index contributed by atoms with van der Waals surface area (Å²) in [5.41, 5.74) is 7.25. The molecule has 0 bridgehead atoms. The maximum atomic E-state index is 11.2. The minimum atomic E-state index is -0.485. The number of rotatable bonds is 4. The summed E-state index contributed by atoms with van der Waals surface area (Å²) in [5, 5.41) is 11.5. The molecule has 0 aliphatic carbocycles. The number of amides is 1. The second-order valence-electron chi connectivity index (χ2n) is 3.48. The fraction of sp³-hybridized carbons (Fsp3) is 0.364. The van der Waals surface area contributed by atoms with Crippen LogP contribution in [0, 0.1) is 0 Å². The van der Waals surface area contributed by atoms with E-state index in [0.717, 1.165) is 11.1 Å². The Balaban J connectivity index is 2.47. The molecule has 0 unspecified atom stereocenters. The van der Waals surface area contributed by atoms with E-state index in [9.17, 15) is 4.79 Å². The summed E-state index contributed by atoms with van der Waals surface area (Å²) in [5.74, 6) is -0.166. The van der Waals surface area contributed by atoms with Crippen LogP contribution in [0.5, 0.6) is 0 Å². The molecule has 0 radical (unpaired) electrons. The number of nitrogens with two attached hydrogens (primary N) is 1. The molecule has 0 heterocycles. The molecule has 0 spiro atoms. The molecule has 82 valence electrons. The molecule has 1 rings (SSSR count). The van der Waals surface area contributed by atoms with Crippen LogP contribution in [0.1, 0.15) is 18.1 Å². The zero-order chi connectivity index (χ0) is 11.3. The standard InChI is InChI=1S/C11H16N2O2/c1-8(12)11(15)13-6-9-2-4-10(7-14)5-3-9/h2-5,8,14H,6-7,12H2,1H3,(H,13,15)/t8-/m0/s1. The van der Waals surface area contributed by atoms with Crippen LogP contribution >= 0.6 is 0 Å². The van der Waals surface area contributed by atoms with E-state index in [0.29, 0.717) is 6.54 Å². The number of carbonyl (C=O) groups excluding carboxylic acids is 1. The number of hydrogen-bond acceptors (Lipinski definition) is 3. The molecule has 1 amide bonds. The van der Waals surface area contributed by atoms with Gasteiger partial charge in [-0.1, -0.05) is 24.3 Å². The van der Waals surface area contributed by atoms with Gasteiger partial charge in [-0.05, 0) is 18.1 Å². The van der Waals surface area contributed by atoms with Gasteiger partial charge in [0.2, 0.25) is 5.91 Å². The van der Waals surface area contributed by atoms with Gasteiger partial charge in [-0.2, -0.15) is 0 Å². The summed E-state index contributed by atoms with van der Waals surface area (Å²) in [6.45, 7) is 2.14. The molecule has 0 fully saturated rings. The van der Waals surface area contributed by atoms with Gasteiger partial charge in [0.1, 0.15) is 0 Å². The van der Waals surface area contributed by atoms with Crippen LogP contribution in [0.4, 0.5) is 0 Å². The predicted molar refractivity (Wildman–Crippen MR) is 57.9 cm³/mol. The number of carbonyl (C=O) groups is 1. The third kappa shape index (κ3) is 3.69. The van der Waals surface area contributed by atoms with Crippen molar-refractivity contribution in [3.05, 3.63) is 35.4 Å². The lowest BCUT2D eigenvalue weighted by Crippen LogP contribution is -2.37. The number of benzene rings is 1. The van der Waals surface area contributed by atoms with Crippen molar-refractivity contribution in [1.82, 2.24) is 5.32 Å². The third-order valence-electron chi connectivity index (χ3n) is 2.09. The summed E-state index contributed by atoms with van der Waals surface area (Å²) in [4.78, 5) is 11.2. The van der Waals surface area contributed by atoms with Gasteiger partial charge in [-0.3, -0.25) is 4.79 Å². The monoisotopic (exact) mass is 208 g/mol. The zero-order valence-corrected chi connectivity index (χ0v) is 8.73. The van der Waals surface area contributed by atoms with Crippen molar-refractivity contribution >= 4 is 5.91 Å². The highest BCUT2D eigenvalue weighted by atomic mass is 16.3. The number of hydrogen-bond donors (Lipinski definition) is 3. The number of aliphatic hydroxyl groups is 1. The zero-order valence-electron chi connectivity index (χ0n) is 8.73. The summed E-state index contributed by atoms with van der Waals surface area (Å²) in [6, 6.07) is 6.91. The van der Waals surface area contributed by atoms with Gasteiger partial charge in [0.05, 0.1) is 12.6 Å². The summed E-state index contributed by atoms with van der Waals surface area (Å²) in [7, 11) is 0. The molecule has 0 saturated heterocycles. The lowest BCUT2D eigenvalue weighted by Gasteiger charge is -2.07. The van der Waals surface area contributed by atoms with Crippen molar-refractivity contribution < 1.29 is 9.90 Å². The summed E-state index contributed by atoms with van der Waals surface area (Å²) >= 11 is 0. The molecule has 0 aromatic heterocycles. The Kier molecular flexibility index (Phi) is 4.27. The largest absolute Gasteiger partial charge is 0.392 e. The van der Waals surface area contributed by atoms with Gasteiger partial charge in [0.15, 0.2) is 0 Å². The van der Waals surface area contributed by atoms with Crippen molar-refractivity contribution in [2.45, 2.75) is 26.1 Å². The van der Waals surface area contributed by atoms with Gasteiger partial charge in [0.25, 0.3) is 0 Å². The fourth-order valence-corrected chi connectivity index (χ4v) is 1.11. The van der Waals surface area contributed by atoms with Crippen LogP contribution < -0.4 is 11.1 Å². The minimum Gasteiger partial charge on any atom is -0.392 e. The van der Waals surface area contributed by atoms with E-state index in [-0.39, 0.29) is 12.5 Å². The van der Waals surface area contributed by atoms with Crippen molar-refractivity contribution in [3.63, 3.8) is 0 Å². The highest BCUT2D eigenvalue weighted by Crippen LogP contribution is 2.03. The van der Waals surface area contributed by atoms with Gasteiger partial charge in [-0.25, -0.2) is 0 Å². The van der Waals surface area contributed by atoms with Gasteiger partial charge < -0.3 is 16.2 Å². The topological polar surface area (TPSA) is 75.4 Å². The van der Waals surface area contributed by atoms with Crippen molar-refractivity contribution in [3.8, 4) is 0 Å². The van der Waals surface area contributed by atoms with Gasteiger partial charge in [0, 0.05) is 6.54 Å². The molecule has 1 aromatic carbocycles. The van der Waals surface area contributed by atoms with Crippen LogP contribution in [0.25, 0.3) is 0 Å². The smallest absolute Gasteiger partial charge is 0.236 e. The van der Waals surface area contributed by atoms with E-state index in [1.807, 2.05) is 24.3 Å². The number of aliphatic hydroxyl groups excluding tert-OH is 1. The fourth-order valence-electron chi connectivity index (χ4n) is 1.11. The maximum Gasteiger partial charge on any atom is 0.236 e. The summed E-state index contributed by atoms with van der Waals surface area (Å²) in [6.07, 6.45) is 0. The average Bonchev–Trinajstić information content (AvgIpc) is 2.26. The Bertz CT molecular complexity index is 320. The van der Waals surface area contributed by atoms with E-state index in [4.69, 9.17) is 10.8 Å². The van der Waals surface area contributed by atoms with E-state index < -0.39 is 6.04 Å². The van der Waals surface area contributed by atoms with Crippen molar-refractivity contribution in [1.29, 1.82) is 0 Å². The Morgan fingerprint density at radius 1 is 1.40 bits per heavy atom. The molecule has 0 saturated carbocycles. The van der Waals surface area contributed by atoms with E-state index in [1.165, 1.54) is 0 Å². The highest BCUT2D eigenvalue weighted by molar-refractivity contribution is 5.80. The normalized spacial score (nSPS) is 12.2. The maximum absolute atomic E-state index is 11.2. The van der Waals surface area contributed by atoms with Crippen LogP contribution in [0.15, 0.2) is 24.3 Å². The Morgan fingerprint density at radius 2 is 1.93 bits per heavy atom. The van der Waals surface area contributed by atoms with Crippen molar-refractivity contribution in [2.75, 3.05) is 0 Å². The first kappa shape index (κ1) is 11.7. The lowest BCUT2D eigenvalue weighted by atomic mass is 10.1. The highest BCUT2D eigenvalue weighted by Gasteiger charge is 2.05. The quantitative estimate of drug-likeness (QED) is 0.659. The average molecular weight is 208 g/mol. The second-order valence-corrected chi connectivity index (χ2v) is 3.48. The number of nitrogens with one attached hydrogen (secondary N) is 1. The van der Waals surface area contributed by atoms with Crippen LogP contribution in [-0.2, 0) is 17.9 Å². The Morgan fingerprint density at radius 3 is 2.40 bits per heavy atom. The van der Waals surface area contributed by atoms with E-state index in [1.54, 1.807) is 6.92 Å². The molecule has 4 heteroatoms. The van der Waals surface area contributed by atoms with Crippen LogP contribution in [0.2, 0.25) is 0 Å². The first-order valence-electron chi connectivity index (χ1n) is 4.85. The molecular formula is C11H16N2O2. The molecule has 1 atom stereocenters. The molecule has 4 N–H and O–H groups in total. The van der Waals surface area contributed by atoms with Crippen LogP contribution in [-0.4, -0.2) is 17.1 Å². The Hall–Kier alpha value is -1.39. The first-order valence-corrected chi connectivity index (χ1v) is 4.85. The van der Waals surface area contributed by atoms with Crippen molar-refractivity contribution in [2.24, 2.45) is 5.73 Å². The molecule has 15 heavy (non-hydrogen) atoms. The molecule has 0 aliphatic rings.